The van der Waals surface area contributed by atoms with E-state index in [9.17, 15) is 0 Å². The van der Waals surface area contributed by atoms with Crippen LogP contribution in [-0.2, 0) is 0 Å². The molecule has 80 valence electrons. The minimum absolute atomic E-state index is 0.339. The first-order chi connectivity index (χ1) is 6.52. The van der Waals surface area contributed by atoms with E-state index < -0.39 is 0 Å². The topological polar surface area (TPSA) is 3.24 Å². The molecule has 1 nitrogen and oxygen atoms in total. The molecule has 2 aliphatic rings. The van der Waals surface area contributed by atoms with Crippen LogP contribution in [0.4, 0.5) is 0 Å². The second-order valence-corrected chi connectivity index (χ2v) is 6.00. The molecule has 0 atom stereocenters. The van der Waals surface area contributed by atoms with Crippen LogP contribution >= 0.6 is 0 Å². The van der Waals surface area contributed by atoms with E-state index >= 15 is 0 Å². The van der Waals surface area contributed by atoms with E-state index in [1.165, 1.54) is 38.8 Å². The van der Waals surface area contributed by atoms with Gasteiger partial charge in [-0.15, -0.1) is 0 Å². The number of hydrogen-bond acceptors (Lipinski definition) is 1. The molecule has 0 unspecified atom stereocenters. The monoisotopic (exact) mass is 193 g/mol. The Morgan fingerprint density at radius 1 is 1.07 bits per heavy atom. The summed E-state index contributed by atoms with van der Waals surface area (Å²) in [5.74, 6) is 0. The van der Waals surface area contributed by atoms with Crippen LogP contribution in [-0.4, -0.2) is 23.5 Å². The molecule has 0 N–H and O–H groups in total. The van der Waals surface area contributed by atoms with Gasteiger partial charge in [0.25, 0.3) is 0 Å². The fourth-order valence-electron chi connectivity index (χ4n) is 2.83. The lowest BCUT2D eigenvalue weighted by molar-refractivity contribution is 0.248. The van der Waals surface area contributed by atoms with Gasteiger partial charge in [-0.2, -0.15) is 0 Å². The zero-order valence-corrected chi connectivity index (χ0v) is 9.84. The molecule has 0 aliphatic carbocycles. The lowest BCUT2D eigenvalue weighted by Gasteiger charge is -2.29. The molecular formula is C13H23N. The van der Waals surface area contributed by atoms with E-state index in [2.05, 4.69) is 37.8 Å². The van der Waals surface area contributed by atoms with Crippen molar-refractivity contribution in [2.45, 2.75) is 52.0 Å². The minimum atomic E-state index is 0.339. The van der Waals surface area contributed by atoms with E-state index in [4.69, 9.17) is 0 Å². The van der Waals surface area contributed by atoms with E-state index in [1.807, 2.05) is 0 Å². The van der Waals surface area contributed by atoms with E-state index in [0.29, 0.717) is 11.0 Å². The SMILES string of the molecule is CC(C)(C)/C=C/C12CCCN1CCC2. The van der Waals surface area contributed by atoms with Gasteiger partial charge in [0.2, 0.25) is 0 Å². The van der Waals surface area contributed by atoms with Crippen molar-refractivity contribution in [2.24, 2.45) is 5.41 Å². The summed E-state index contributed by atoms with van der Waals surface area (Å²) in [6, 6.07) is 0. The van der Waals surface area contributed by atoms with Gasteiger partial charge in [0.1, 0.15) is 0 Å². The molecule has 0 spiro atoms. The maximum absolute atomic E-state index is 2.69. The summed E-state index contributed by atoms with van der Waals surface area (Å²) >= 11 is 0. The van der Waals surface area contributed by atoms with Crippen molar-refractivity contribution in [2.75, 3.05) is 13.1 Å². The van der Waals surface area contributed by atoms with Gasteiger partial charge in [0, 0.05) is 5.54 Å². The predicted molar refractivity (Wildman–Crippen MR) is 61.4 cm³/mol. The molecule has 0 radical (unpaired) electrons. The van der Waals surface area contributed by atoms with Gasteiger partial charge in [-0.05, 0) is 44.2 Å². The number of nitrogens with zero attached hydrogens (tertiary/aromatic N) is 1. The summed E-state index contributed by atoms with van der Waals surface area (Å²) in [5, 5.41) is 0. The maximum atomic E-state index is 2.69. The third kappa shape index (κ3) is 1.88. The van der Waals surface area contributed by atoms with Crippen molar-refractivity contribution < 1.29 is 0 Å². The van der Waals surface area contributed by atoms with Crippen molar-refractivity contribution in [3.8, 4) is 0 Å². The summed E-state index contributed by atoms with van der Waals surface area (Å²) in [6.07, 6.45) is 10.5. The molecule has 0 bridgehead atoms. The molecule has 2 aliphatic heterocycles. The van der Waals surface area contributed by atoms with Crippen LogP contribution in [0.3, 0.4) is 0 Å². The average Bonchev–Trinajstić information content (AvgIpc) is 2.56. The second-order valence-electron chi connectivity index (χ2n) is 6.00. The van der Waals surface area contributed by atoms with Crippen molar-refractivity contribution in [3.05, 3.63) is 12.2 Å². The Hall–Kier alpha value is -0.300. The smallest absolute Gasteiger partial charge is 0.0392 e. The molecule has 0 amide bonds. The Kier molecular flexibility index (Phi) is 2.46. The summed E-state index contributed by atoms with van der Waals surface area (Å²) in [7, 11) is 0. The van der Waals surface area contributed by atoms with Crippen LogP contribution in [0.5, 0.6) is 0 Å². The summed E-state index contributed by atoms with van der Waals surface area (Å²) in [4.78, 5) is 2.69. The van der Waals surface area contributed by atoms with Crippen LogP contribution in [0.25, 0.3) is 0 Å². The quantitative estimate of drug-likeness (QED) is 0.578. The Morgan fingerprint density at radius 2 is 1.64 bits per heavy atom. The highest BCUT2D eigenvalue weighted by molar-refractivity contribution is 5.15. The van der Waals surface area contributed by atoms with Crippen molar-refractivity contribution in [3.63, 3.8) is 0 Å². The highest BCUT2D eigenvalue weighted by Gasteiger charge is 2.41. The van der Waals surface area contributed by atoms with Gasteiger partial charge in [-0.25, -0.2) is 0 Å². The summed E-state index contributed by atoms with van der Waals surface area (Å²) in [5.41, 5.74) is 0.804. The third-order valence-corrected chi connectivity index (χ3v) is 3.60. The van der Waals surface area contributed by atoms with Gasteiger partial charge in [0.05, 0.1) is 0 Å². The second kappa shape index (κ2) is 3.37. The number of rotatable bonds is 1. The number of allylic oxidation sites excluding steroid dienone is 1. The molecular weight excluding hydrogens is 170 g/mol. The number of fused-ring (bicyclic) bond motifs is 1. The Labute approximate surface area is 88.2 Å². The predicted octanol–water partition coefficient (Wildman–Crippen LogP) is 3.22. The largest absolute Gasteiger partial charge is 0.294 e. The molecule has 2 heterocycles. The van der Waals surface area contributed by atoms with E-state index in [-0.39, 0.29) is 0 Å². The van der Waals surface area contributed by atoms with Gasteiger partial charge < -0.3 is 0 Å². The molecule has 2 saturated heterocycles. The highest BCUT2D eigenvalue weighted by atomic mass is 15.2. The highest BCUT2D eigenvalue weighted by Crippen LogP contribution is 2.40. The van der Waals surface area contributed by atoms with Crippen LogP contribution in [0.1, 0.15) is 46.5 Å². The Bertz CT molecular complexity index is 224. The van der Waals surface area contributed by atoms with Crippen molar-refractivity contribution >= 4 is 0 Å². The zero-order chi connectivity index (χ0) is 10.2. The summed E-state index contributed by atoms with van der Waals surface area (Å²) in [6.45, 7) is 9.51. The van der Waals surface area contributed by atoms with Gasteiger partial charge in [-0.1, -0.05) is 32.9 Å². The average molecular weight is 193 g/mol. The first-order valence-corrected chi connectivity index (χ1v) is 5.97. The van der Waals surface area contributed by atoms with Crippen LogP contribution in [0.15, 0.2) is 12.2 Å². The molecule has 0 saturated carbocycles. The molecule has 14 heavy (non-hydrogen) atoms. The lowest BCUT2D eigenvalue weighted by atomic mass is 9.88. The van der Waals surface area contributed by atoms with Crippen LogP contribution in [0.2, 0.25) is 0 Å². The fraction of sp³-hybridized carbons (Fsp3) is 0.846. The Morgan fingerprint density at radius 3 is 2.14 bits per heavy atom. The van der Waals surface area contributed by atoms with Crippen molar-refractivity contribution in [1.29, 1.82) is 0 Å². The molecule has 1 heteroatoms. The fourth-order valence-corrected chi connectivity index (χ4v) is 2.83. The minimum Gasteiger partial charge on any atom is -0.294 e. The van der Waals surface area contributed by atoms with Crippen LogP contribution < -0.4 is 0 Å². The standard InChI is InChI=1S/C13H23N/c1-12(2,3)8-9-13-6-4-10-14(13)11-5-7-13/h8-9H,4-7,10-11H2,1-3H3/b9-8+. The molecule has 2 fully saturated rings. The van der Waals surface area contributed by atoms with Crippen LogP contribution in [0, 0.1) is 5.41 Å². The van der Waals surface area contributed by atoms with Gasteiger partial charge in [0.15, 0.2) is 0 Å². The maximum Gasteiger partial charge on any atom is 0.0392 e. The van der Waals surface area contributed by atoms with E-state index in [0.717, 1.165) is 0 Å². The molecule has 0 aromatic heterocycles. The normalized spacial score (nSPS) is 27.4. The first kappa shape index (κ1) is 10.2. The molecule has 0 aromatic carbocycles. The lowest BCUT2D eigenvalue weighted by Crippen LogP contribution is -2.36. The molecule has 0 aromatic rings. The van der Waals surface area contributed by atoms with Gasteiger partial charge in [-0.3, -0.25) is 4.90 Å². The first-order valence-electron chi connectivity index (χ1n) is 5.97. The van der Waals surface area contributed by atoms with Crippen molar-refractivity contribution in [1.82, 2.24) is 4.90 Å². The number of hydrogen-bond donors (Lipinski definition) is 0. The third-order valence-electron chi connectivity index (χ3n) is 3.60. The van der Waals surface area contributed by atoms with Gasteiger partial charge >= 0.3 is 0 Å². The Balaban J connectivity index is 2.12. The zero-order valence-electron chi connectivity index (χ0n) is 9.84. The van der Waals surface area contributed by atoms with E-state index in [1.54, 1.807) is 0 Å². The molecule has 2 rings (SSSR count). The summed E-state index contributed by atoms with van der Waals surface area (Å²) < 4.78 is 0.